The van der Waals surface area contributed by atoms with E-state index in [2.05, 4.69) is 15.0 Å². The highest BCUT2D eigenvalue weighted by Crippen LogP contribution is 2.49. The van der Waals surface area contributed by atoms with Crippen molar-refractivity contribution in [3.63, 3.8) is 0 Å². The summed E-state index contributed by atoms with van der Waals surface area (Å²) in [6.45, 7) is 0.846. The van der Waals surface area contributed by atoms with Crippen LogP contribution in [0.3, 0.4) is 0 Å². The summed E-state index contributed by atoms with van der Waals surface area (Å²) in [5, 5.41) is 0. The van der Waals surface area contributed by atoms with Gasteiger partial charge in [0.15, 0.2) is 5.82 Å². The average Bonchev–Trinajstić information content (AvgIpc) is 3.32. The number of anilines is 1. The van der Waals surface area contributed by atoms with Crippen molar-refractivity contribution >= 4 is 11.9 Å². The zero-order valence-corrected chi connectivity index (χ0v) is 18.7. The lowest BCUT2D eigenvalue weighted by atomic mass is 10.2. The van der Waals surface area contributed by atoms with Crippen molar-refractivity contribution in [1.29, 1.82) is 0 Å². The van der Waals surface area contributed by atoms with Gasteiger partial charge >= 0.3 is 6.18 Å². The van der Waals surface area contributed by atoms with Crippen molar-refractivity contribution in [2.24, 2.45) is 18.9 Å². The highest BCUT2D eigenvalue weighted by atomic mass is 19.4. The molecule has 2 aliphatic rings. The van der Waals surface area contributed by atoms with E-state index in [1.54, 1.807) is 19.0 Å². The molecule has 1 aliphatic carbocycles. The molecule has 0 aromatic carbocycles. The summed E-state index contributed by atoms with van der Waals surface area (Å²) >= 11 is 0. The van der Waals surface area contributed by atoms with E-state index in [0.29, 0.717) is 19.0 Å². The molecular weight excluding hydrogens is 468 g/mol. The maximum Gasteiger partial charge on any atom is 0.433 e. The zero-order chi connectivity index (χ0) is 25.1. The fraction of sp³-hybridized carbons (Fsp3) is 0.348. The quantitative estimate of drug-likeness (QED) is 0.525. The Labute approximate surface area is 196 Å². The van der Waals surface area contributed by atoms with E-state index < -0.39 is 17.7 Å². The second-order valence-corrected chi connectivity index (χ2v) is 8.76. The van der Waals surface area contributed by atoms with Crippen molar-refractivity contribution in [3.05, 3.63) is 70.3 Å². The van der Waals surface area contributed by atoms with Crippen molar-refractivity contribution in [2.75, 3.05) is 25.0 Å². The SMILES string of the molecule is CN(c1nc(-c2ccncc2F)cc(=O)n1C)C1C2CN(C(=O)c3ccc(C(F)(F)F)nc3)CC21. The molecule has 2 atom stereocenters. The molecule has 3 aromatic heterocycles. The van der Waals surface area contributed by atoms with E-state index >= 15 is 0 Å². The van der Waals surface area contributed by atoms with Crippen LogP contribution >= 0.6 is 0 Å². The highest BCUT2D eigenvalue weighted by molar-refractivity contribution is 5.94. The Morgan fingerprint density at radius 2 is 1.86 bits per heavy atom. The molecule has 0 radical (unpaired) electrons. The number of halogens is 4. The number of rotatable bonds is 4. The molecule has 0 spiro atoms. The zero-order valence-electron chi connectivity index (χ0n) is 18.7. The van der Waals surface area contributed by atoms with E-state index in [1.807, 2.05) is 4.90 Å². The Morgan fingerprint density at radius 1 is 1.14 bits per heavy atom. The molecular formula is C23H20F4N6O2. The summed E-state index contributed by atoms with van der Waals surface area (Å²) in [5.74, 6) is -0.361. The van der Waals surface area contributed by atoms with Gasteiger partial charge in [-0.3, -0.25) is 24.1 Å². The van der Waals surface area contributed by atoms with Crippen LogP contribution in [0.25, 0.3) is 11.3 Å². The second-order valence-electron chi connectivity index (χ2n) is 8.76. The molecule has 3 aromatic rings. The Kier molecular flexibility index (Phi) is 5.33. The number of piperidine rings is 1. The third kappa shape index (κ3) is 4.02. The van der Waals surface area contributed by atoms with E-state index in [9.17, 15) is 27.2 Å². The van der Waals surface area contributed by atoms with Gasteiger partial charge in [0.1, 0.15) is 5.69 Å². The number of nitrogens with zero attached hydrogens (tertiary/aromatic N) is 6. The first-order valence-electron chi connectivity index (χ1n) is 10.8. The van der Waals surface area contributed by atoms with Gasteiger partial charge in [-0.05, 0) is 18.2 Å². The Bertz CT molecular complexity index is 1350. The average molecular weight is 488 g/mol. The normalized spacial score (nSPS) is 21.1. The van der Waals surface area contributed by atoms with Crippen LogP contribution < -0.4 is 10.5 Å². The van der Waals surface area contributed by atoms with Crippen molar-refractivity contribution in [2.45, 2.75) is 12.2 Å². The van der Waals surface area contributed by atoms with Gasteiger partial charge in [-0.2, -0.15) is 13.2 Å². The Hall–Kier alpha value is -3.83. The molecule has 0 N–H and O–H groups in total. The van der Waals surface area contributed by atoms with E-state index in [-0.39, 0.29) is 46.2 Å². The van der Waals surface area contributed by atoms with Crippen LogP contribution in [0.15, 0.2) is 47.7 Å². The fourth-order valence-corrected chi connectivity index (χ4v) is 4.80. The van der Waals surface area contributed by atoms with Crippen LogP contribution in [0.1, 0.15) is 16.1 Å². The van der Waals surface area contributed by atoms with Gasteiger partial charge in [-0.1, -0.05) is 0 Å². The molecule has 2 fully saturated rings. The summed E-state index contributed by atoms with van der Waals surface area (Å²) in [5.41, 5.74) is -0.921. The Morgan fingerprint density at radius 3 is 2.46 bits per heavy atom. The lowest BCUT2D eigenvalue weighted by Gasteiger charge is -2.26. The number of hydrogen-bond donors (Lipinski definition) is 0. The maximum atomic E-state index is 14.2. The predicted molar refractivity (Wildman–Crippen MR) is 117 cm³/mol. The first-order valence-corrected chi connectivity index (χ1v) is 10.8. The first kappa shape index (κ1) is 22.9. The van der Waals surface area contributed by atoms with Crippen molar-refractivity contribution in [3.8, 4) is 11.3 Å². The molecule has 182 valence electrons. The third-order valence-corrected chi connectivity index (χ3v) is 6.66. The van der Waals surface area contributed by atoms with Crippen LogP contribution in [0.5, 0.6) is 0 Å². The van der Waals surface area contributed by atoms with Crippen molar-refractivity contribution in [1.82, 2.24) is 24.4 Å². The minimum Gasteiger partial charge on any atom is -0.342 e. The number of amides is 1. The number of likely N-dealkylation sites (tertiary alicyclic amines) is 1. The molecule has 1 amide bonds. The minimum absolute atomic E-state index is 0.0143. The van der Waals surface area contributed by atoms with E-state index in [1.165, 1.54) is 22.9 Å². The predicted octanol–water partition coefficient (Wildman–Crippen LogP) is 2.60. The molecule has 4 heterocycles. The summed E-state index contributed by atoms with van der Waals surface area (Å²) in [6, 6.07) is 4.66. The number of aromatic nitrogens is 4. The molecule has 35 heavy (non-hydrogen) atoms. The van der Waals surface area contributed by atoms with Gasteiger partial charge in [-0.15, -0.1) is 0 Å². The fourth-order valence-electron chi connectivity index (χ4n) is 4.80. The van der Waals surface area contributed by atoms with Gasteiger partial charge in [0.05, 0.1) is 17.5 Å². The molecule has 1 saturated heterocycles. The van der Waals surface area contributed by atoms with Gasteiger partial charge in [0.2, 0.25) is 5.95 Å². The van der Waals surface area contributed by atoms with Gasteiger partial charge in [0, 0.05) is 69.1 Å². The summed E-state index contributed by atoms with van der Waals surface area (Å²) in [4.78, 5) is 40.4. The minimum atomic E-state index is -4.57. The summed E-state index contributed by atoms with van der Waals surface area (Å²) in [7, 11) is 3.38. The molecule has 1 saturated carbocycles. The van der Waals surface area contributed by atoms with Gasteiger partial charge in [0.25, 0.3) is 11.5 Å². The smallest absolute Gasteiger partial charge is 0.342 e. The van der Waals surface area contributed by atoms with E-state index in [4.69, 9.17) is 0 Å². The maximum absolute atomic E-state index is 14.2. The summed E-state index contributed by atoms with van der Waals surface area (Å²) < 4.78 is 53.8. The van der Waals surface area contributed by atoms with Crippen molar-refractivity contribution < 1.29 is 22.4 Å². The van der Waals surface area contributed by atoms with Crippen LogP contribution in [-0.4, -0.2) is 56.5 Å². The standard InChI is InChI=1S/C23H20F4N6O2/c1-31-19(34)7-17(13-5-6-28-9-16(13)24)30-22(31)32(2)20-14-10-33(11-15(14)20)21(35)12-3-4-18(29-8-12)23(25,26)27/h3-9,14-15,20H,10-11H2,1-2H3. The number of alkyl halides is 3. The monoisotopic (exact) mass is 488 g/mol. The molecule has 1 aliphatic heterocycles. The summed E-state index contributed by atoms with van der Waals surface area (Å²) in [6.07, 6.45) is -1.14. The molecule has 2 unspecified atom stereocenters. The van der Waals surface area contributed by atoms with Gasteiger partial charge < -0.3 is 9.80 Å². The second kappa shape index (κ2) is 8.14. The first-order chi connectivity index (χ1) is 16.6. The lowest BCUT2D eigenvalue weighted by Crippen LogP contribution is -2.38. The topological polar surface area (TPSA) is 84.2 Å². The third-order valence-electron chi connectivity index (χ3n) is 6.66. The van der Waals surface area contributed by atoms with Gasteiger partial charge in [-0.25, -0.2) is 9.37 Å². The lowest BCUT2D eigenvalue weighted by molar-refractivity contribution is -0.141. The number of pyridine rings is 2. The number of hydrogen-bond acceptors (Lipinski definition) is 6. The number of carbonyl (C=O) groups is 1. The van der Waals surface area contributed by atoms with Crippen LogP contribution in [0.4, 0.5) is 23.5 Å². The Balaban J connectivity index is 1.30. The molecule has 0 bridgehead atoms. The van der Waals surface area contributed by atoms with E-state index in [0.717, 1.165) is 24.5 Å². The molecule has 12 heteroatoms. The molecule has 5 rings (SSSR count). The van der Waals surface area contributed by atoms with Crippen LogP contribution in [-0.2, 0) is 13.2 Å². The number of carbonyl (C=O) groups excluding carboxylic acids is 1. The highest BCUT2D eigenvalue weighted by Gasteiger charge is 2.59. The largest absolute Gasteiger partial charge is 0.433 e. The van der Waals surface area contributed by atoms with Crippen LogP contribution in [0, 0.1) is 17.7 Å². The number of fused-ring (bicyclic) bond motifs is 1. The van der Waals surface area contributed by atoms with Crippen LogP contribution in [0.2, 0.25) is 0 Å². The molecule has 8 nitrogen and oxygen atoms in total.